The summed E-state index contributed by atoms with van der Waals surface area (Å²) < 4.78 is 43.1. The zero-order valence-electron chi connectivity index (χ0n) is 22.0. The Morgan fingerprint density at radius 3 is 2.38 bits per heavy atom. The number of nitrogens with one attached hydrogen (secondary N) is 1. The molecule has 40 heavy (non-hydrogen) atoms. The van der Waals surface area contributed by atoms with Crippen LogP contribution in [0.25, 0.3) is 0 Å². The van der Waals surface area contributed by atoms with Gasteiger partial charge < -0.3 is 10.2 Å². The van der Waals surface area contributed by atoms with Crippen molar-refractivity contribution in [2.75, 3.05) is 17.4 Å². The number of piperidine rings is 1. The first-order chi connectivity index (χ1) is 19.0. The molecule has 0 saturated carbocycles. The minimum Gasteiger partial charge on any atom is -0.348 e. The number of hydrogen-bond acceptors (Lipinski definition) is 4. The van der Waals surface area contributed by atoms with Gasteiger partial charge in [-0.1, -0.05) is 41.4 Å². The molecule has 1 fully saturated rings. The molecule has 2 aliphatic heterocycles. The lowest BCUT2D eigenvalue weighted by Gasteiger charge is -2.43. The summed E-state index contributed by atoms with van der Waals surface area (Å²) in [6, 6.07) is 15.0. The molecule has 1 unspecified atom stereocenters. The van der Waals surface area contributed by atoms with Gasteiger partial charge in [0.2, 0.25) is 5.91 Å². The minimum absolute atomic E-state index is 0.0427. The molecule has 7 nitrogen and oxygen atoms in total. The Hall–Kier alpha value is -3.14. The number of hydrogen-bond donors (Lipinski definition) is 1. The molecule has 1 spiro atoms. The van der Waals surface area contributed by atoms with Crippen LogP contribution >= 0.6 is 23.2 Å². The summed E-state index contributed by atoms with van der Waals surface area (Å²) >= 11 is 12.2. The average molecular weight is 605 g/mol. The lowest BCUT2D eigenvalue weighted by atomic mass is 9.70. The zero-order valence-corrected chi connectivity index (χ0v) is 24.3. The number of anilines is 1. The number of halogens is 3. The van der Waals surface area contributed by atoms with Crippen LogP contribution in [0.15, 0.2) is 65.6 Å². The molecule has 3 aromatic carbocycles. The van der Waals surface area contributed by atoms with Crippen LogP contribution in [0.1, 0.15) is 48.2 Å². The minimum atomic E-state index is -4.14. The molecule has 0 radical (unpaired) electrons. The summed E-state index contributed by atoms with van der Waals surface area (Å²) in [5.41, 5.74) is 1.69. The number of carbonyl (C=O) groups is 2. The highest BCUT2D eigenvalue weighted by Crippen LogP contribution is 2.53. The van der Waals surface area contributed by atoms with Crippen molar-refractivity contribution >= 4 is 50.7 Å². The Morgan fingerprint density at radius 1 is 1.02 bits per heavy atom. The number of nitrogens with zero attached hydrogens (tertiary/aromatic N) is 2. The monoisotopic (exact) mass is 603 g/mol. The number of likely N-dealkylation sites (tertiary alicyclic amines) is 1. The third kappa shape index (κ3) is 4.84. The van der Waals surface area contributed by atoms with Crippen LogP contribution in [-0.4, -0.2) is 44.3 Å². The third-order valence-electron chi connectivity index (χ3n) is 8.13. The SMILES string of the molecule is CC(=O)N1CCC2(CC1)c1cc(C(=O)NCc3ccccc3Cl)ccc1N(S(=O)(=O)c1ccc(F)c(Cl)c1)C2C. The van der Waals surface area contributed by atoms with Gasteiger partial charge in [0.15, 0.2) is 0 Å². The Labute approximate surface area is 242 Å². The first-order valence-electron chi connectivity index (χ1n) is 12.9. The van der Waals surface area contributed by atoms with Gasteiger partial charge in [-0.15, -0.1) is 0 Å². The molecule has 0 aliphatic carbocycles. The summed E-state index contributed by atoms with van der Waals surface area (Å²) in [7, 11) is -4.14. The molecule has 2 heterocycles. The predicted octanol–water partition coefficient (Wildman–Crippen LogP) is 5.54. The van der Waals surface area contributed by atoms with Crippen molar-refractivity contribution in [2.24, 2.45) is 0 Å². The zero-order chi connectivity index (χ0) is 28.8. The van der Waals surface area contributed by atoms with Crippen molar-refractivity contribution in [1.29, 1.82) is 0 Å². The van der Waals surface area contributed by atoms with Crippen LogP contribution in [0.3, 0.4) is 0 Å². The lowest BCUT2D eigenvalue weighted by Crippen LogP contribution is -2.52. The van der Waals surface area contributed by atoms with E-state index in [4.69, 9.17) is 23.2 Å². The van der Waals surface area contributed by atoms with E-state index in [0.29, 0.717) is 42.2 Å². The Morgan fingerprint density at radius 2 is 1.73 bits per heavy atom. The van der Waals surface area contributed by atoms with Crippen LogP contribution in [0.2, 0.25) is 10.0 Å². The number of rotatable bonds is 5. The fraction of sp³-hybridized carbons (Fsp3) is 0.310. The molecule has 0 bridgehead atoms. The van der Waals surface area contributed by atoms with Crippen molar-refractivity contribution in [3.05, 3.63) is 93.2 Å². The second-order valence-electron chi connectivity index (χ2n) is 10.2. The van der Waals surface area contributed by atoms with Crippen LogP contribution in [0, 0.1) is 5.82 Å². The third-order valence-corrected chi connectivity index (χ3v) is 10.7. The molecule has 5 rings (SSSR count). The number of benzene rings is 3. The Kier molecular flexibility index (Phi) is 7.58. The average Bonchev–Trinajstić information content (AvgIpc) is 3.17. The van der Waals surface area contributed by atoms with Gasteiger partial charge in [0.05, 0.1) is 21.6 Å². The molecule has 11 heteroatoms. The normalized spacial score (nSPS) is 18.1. The molecule has 1 atom stereocenters. The van der Waals surface area contributed by atoms with E-state index < -0.39 is 27.3 Å². The number of amides is 2. The van der Waals surface area contributed by atoms with Crippen molar-refractivity contribution in [1.82, 2.24) is 10.2 Å². The van der Waals surface area contributed by atoms with Gasteiger partial charge in [-0.3, -0.25) is 13.9 Å². The van der Waals surface area contributed by atoms with E-state index in [9.17, 15) is 22.4 Å². The lowest BCUT2D eigenvalue weighted by molar-refractivity contribution is -0.130. The second kappa shape index (κ2) is 10.7. The Bertz CT molecular complexity index is 1610. The van der Waals surface area contributed by atoms with Crippen LogP contribution in [0.5, 0.6) is 0 Å². The van der Waals surface area contributed by atoms with E-state index in [0.717, 1.165) is 23.3 Å². The molecule has 2 aliphatic rings. The summed E-state index contributed by atoms with van der Waals surface area (Å²) in [6.07, 6.45) is 1.03. The maximum atomic E-state index is 14.0. The van der Waals surface area contributed by atoms with E-state index in [1.54, 1.807) is 29.2 Å². The summed E-state index contributed by atoms with van der Waals surface area (Å²) in [5.74, 6) is -1.08. The number of fused-ring (bicyclic) bond motifs is 2. The van der Waals surface area contributed by atoms with Gasteiger partial charge in [-0.2, -0.15) is 0 Å². The van der Waals surface area contributed by atoms with E-state index >= 15 is 0 Å². The summed E-state index contributed by atoms with van der Waals surface area (Å²) in [5, 5.41) is 3.15. The highest BCUT2D eigenvalue weighted by molar-refractivity contribution is 7.93. The predicted molar refractivity (Wildman–Crippen MR) is 153 cm³/mol. The fourth-order valence-electron chi connectivity index (χ4n) is 5.84. The van der Waals surface area contributed by atoms with Gasteiger partial charge in [0, 0.05) is 42.6 Å². The van der Waals surface area contributed by atoms with E-state index in [1.807, 2.05) is 25.1 Å². The fourth-order valence-corrected chi connectivity index (χ4v) is 8.06. The van der Waals surface area contributed by atoms with Crippen molar-refractivity contribution < 1.29 is 22.4 Å². The first-order valence-corrected chi connectivity index (χ1v) is 15.1. The summed E-state index contributed by atoms with van der Waals surface area (Å²) in [6.45, 7) is 4.50. The van der Waals surface area contributed by atoms with Crippen molar-refractivity contribution in [3.63, 3.8) is 0 Å². The molecule has 210 valence electrons. The number of carbonyl (C=O) groups excluding carboxylic acids is 2. The molecule has 1 saturated heterocycles. The van der Waals surface area contributed by atoms with Gasteiger partial charge in [-0.25, -0.2) is 12.8 Å². The van der Waals surface area contributed by atoms with Crippen molar-refractivity contribution in [3.8, 4) is 0 Å². The van der Waals surface area contributed by atoms with Gasteiger partial charge in [0.25, 0.3) is 15.9 Å². The standard InChI is InChI=1S/C29H28Cl2FN3O4S/c1-18-29(11-13-34(14-12-29)19(2)36)23-15-20(28(37)33-17-21-5-3-4-6-24(21)30)7-10-27(23)35(18)40(38,39)22-8-9-26(32)25(31)16-22/h3-10,15-16,18H,11-14,17H2,1-2H3,(H,33,37). The van der Waals surface area contributed by atoms with Crippen LogP contribution in [0.4, 0.5) is 10.1 Å². The first kappa shape index (κ1) is 28.4. The van der Waals surface area contributed by atoms with Crippen molar-refractivity contribution in [2.45, 2.75) is 49.6 Å². The van der Waals surface area contributed by atoms with Gasteiger partial charge >= 0.3 is 0 Å². The molecular formula is C29H28Cl2FN3O4S. The van der Waals surface area contributed by atoms with Crippen LogP contribution in [-0.2, 0) is 26.8 Å². The van der Waals surface area contributed by atoms with Gasteiger partial charge in [-0.05, 0) is 73.4 Å². The molecule has 2 amide bonds. The van der Waals surface area contributed by atoms with Gasteiger partial charge in [0.1, 0.15) is 5.82 Å². The largest absolute Gasteiger partial charge is 0.348 e. The molecular weight excluding hydrogens is 576 g/mol. The highest BCUT2D eigenvalue weighted by atomic mass is 35.5. The second-order valence-corrected chi connectivity index (χ2v) is 12.9. The smallest absolute Gasteiger partial charge is 0.264 e. The maximum Gasteiger partial charge on any atom is 0.264 e. The maximum absolute atomic E-state index is 14.0. The van der Waals surface area contributed by atoms with E-state index in [1.165, 1.54) is 17.3 Å². The van der Waals surface area contributed by atoms with E-state index in [-0.39, 0.29) is 28.3 Å². The van der Waals surface area contributed by atoms with Crippen LogP contribution < -0.4 is 9.62 Å². The topological polar surface area (TPSA) is 86.8 Å². The molecule has 0 aromatic heterocycles. The quantitative estimate of drug-likeness (QED) is 0.415. The molecule has 3 aromatic rings. The highest BCUT2D eigenvalue weighted by Gasteiger charge is 2.54. The van der Waals surface area contributed by atoms with E-state index in [2.05, 4.69) is 5.32 Å². The molecule has 1 N–H and O–H groups in total. The Balaban J connectivity index is 1.54. The summed E-state index contributed by atoms with van der Waals surface area (Å²) in [4.78, 5) is 26.9. The number of sulfonamides is 1.